The largest absolute Gasteiger partial charge is 0.354 e. The molecule has 2 aromatic carbocycles. The molecule has 0 unspecified atom stereocenters. The molecule has 0 aliphatic heterocycles. The van der Waals surface area contributed by atoms with Gasteiger partial charge in [0.05, 0.1) is 11.9 Å². The lowest BCUT2D eigenvalue weighted by atomic mass is 10.2. The molecule has 1 amide bonds. The fourth-order valence-electron chi connectivity index (χ4n) is 2.52. The van der Waals surface area contributed by atoms with E-state index in [1.54, 1.807) is 43.3 Å². The molecule has 5 nitrogen and oxygen atoms in total. The van der Waals surface area contributed by atoms with Gasteiger partial charge in [-0.1, -0.05) is 35.9 Å². The number of sulfonamides is 1. The van der Waals surface area contributed by atoms with Crippen molar-refractivity contribution in [3.05, 3.63) is 64.4 Å². The minimum Gasteiger partial charge on any atom is -0.354 e. The summed E-state index contributed by atoms with van der Waals surface area (Å²) in [6.07, 6.45) is 1.07. The van der Waals surface area contributed by atoms with E-state index in [2.05, 4.69) is 5.32 Å². The van der Waals surface area contributed by atoms with Crippen LogP contribution in [0.2, 0.25) is 5.02 Å². The van der Waals surface area contributed by atoms with Gasteiger partial charge in [0.25, 0.3) is 0 Å². The lowest BCUT2D eigenvalue weighted by molar-refractivity contribution is -0.119. The fraction of sp³-hybridized carbons (Fsp3) is 0.316. The highest BCUT2D eigenvalue weighted by Gasteiger charge is 2.21. The summed E-state index contributed by atoms with van der Waals surface area (Å²) in [4.78, 5) is 12.2. The van der Waals surface area contributed by atoms with E-state index >= 15 is 0 Å². The van der Waals surface area contributed by atoms with Gasteiger partial charge >= 0.3 is 0 Å². The first-order valence-electron chi connectivity index (χ1n) is 8.51. The van der Waals surface area contributed by atoms with Crippen LogP contribution in [0.4, 0.5) is 10.1 Å². The number of nitrogens with zero attached hydrogens (tertiary/aromatic N) is 1. The van der Waals surface area contributed by atoms with Crippen LogP contribution in [0.15, 0.2) is 42.5 Å². The Morgan fingerprint density at radius 3 is 2.57 bits per heavy atom. The predicted octanol–water partition coefficient (Wildman–Crippen LogP) is 3.60. The summed E-state index contributed by atoms with van der Waals surface area (Å²) < 4.78 is 39.0. The topological polar surface area (TPSA) is 66.5 Å². The minimum atomic E-state index is -3.61. The lowest BCUT2D eigenvalue weighted by Crippen LogP contribution is -2.41. The van der Waals surface area contributed by atoms with E-state index < -0.39 is 15.9 Å². The molecular weight excluding hydrogens is 423 g/mol. The van der Waals surface area contributed by atoms with Gasteiger partial charge in [0.2, 0.25) is 15.9 Å². The second-order valence-corrected chi connectivity index (χ2v) is 9.58. The fourth-order valence-corrected chi connectivity index (χ4v) is 4.63. The maximum atomic E-state index is 13.7. The van der Waals surface area contributed by atoms with Crippen molar-refractivity contribution in [2.45, 2.75) is 12.7 Å². The molecule has 0 spiro atoms. The Labute approximate surface area is 174 Å². The molecule has 152 valence electrons. The number of carbonyl (C=O) groups is 1. The second kappa shape index (κ2) is 10.1. The number of para-hydroxylation sites is 1. The summed E-state index contributed by atoms with van der Waals surface area (Å²) in [5.41, 5.74) is 1.67. The van der Waals surface area contributed by atoms with Gasteiger partial charge in [0.1, 0.15) is 12.4 Å². The maximum Gasteiger partial charge on any atom is 0.240 e. The molecule has 0 heterocycles. The molecule has 0 aliphatic carbocycles. The molecule has 0 aromatic heterocycles. The van der Waals surface area contributed by atoms with Gasteiger partial charge in [-0.05, 0) is 30.7 Å². The quantitative estimate of drug-likeness (QED) is 0.600. The van der Waals surface area contributed by atoms with Crippen LogP contribution >= 0.6 is 23.4 Å². The Morgan fingerprint density at radius 1 is 1.21 bits per heavy atom. The van der Waals surface area contributed by atoms with Gasteiger partial charge < -0.3 is 5.32 Å². The highest BCUT2D eigenvalue weighted by atomic mass is 35.5. The summed E-state index contributed by atoms with van der Waals surface area (Å²) in [7, 11) is -3.61. The van der Waals surface area contributed by atoms with Crippen LogP contribution in [0.25, 0.3) is 0 Å². The molecule has 0 aliphatic rings. The first kappa shape index (κ1) is 22.5. The van der Waals surface area contributed by atoms with Crippen LogP contribution in [-0.2, 0) is 20.6 Å². The average Bonchev–Trinajstić information content (AvgIpc) is 2.61. The third-order valence-electron chi connectivity index (χ3n) is 3.95. The monoisotopic (exact) mass is 444 g/mol. The molecule has 9 heteroatoms. The summed E-state index contributed by atoms with van der Waals surface area (Å²) in [5, 5.41) is 3.07. The van der Waals surface area contributed by atoms with Crippen molar-refractivity contribution < 1.29 is 17.6 Å². The Hall–Kier alpha value is -1.77. The molecule has 28 heavy (non-hydrogen) atoms. The highest BCUT2D eigenvalue weighted by molar-refractivity contribution is 7.98. The molecule has 0 fully saturated rings. The van der Waals surface area contributed by atoms with E-state index in [0.29, 0.717) is 34.3 Å². The number of amides is 1. The van der Waals surface area contributed by atoms with Crippen molar-refractivity contribution in [1.29, 1.82) is 0 Å². The third-order valence-corrected chi connectivity index (χ3v) is 6.41. The summed E-state index contributed by atoms with van der Waals surface area (Å²) >= 11 is 7.41. The Kier molecular flexibility index (Phi) is 8.15. The van der Waals surface area contributed by atoms with Gasteiger partial charge in [-0.3, -0.25) is 9.10 Å². The number of hydrogen-bond acceptors (Lipinski definition) is 4. The molecule has 0 radical (unpaired) electrons. The van der Waals surface area contributed by atoms with Gasteiger partial charge in [-0.2, -0.15) is 11.8 Å². The zero-order valence-electron chi connectivity index (χ0n) is 15.6. The number of aryl methyl sites for hydroxylation is 1. The Bertz CT molecular complexity index is 918. The van der Waals surface area contributed by atoms with Crippen LogP contribution in [0.5, 0.6) is 0 Å². The molecule has 0 saturated carbocycles. The summed E-state index contributed by atoms with van der Waals surface area (Å²) in [5.74, 6) is 0.170. The minimum absolute atomic E-state index is 0.298. The average molecular weight is 445 g/mol. The Morgan fingerprint density at radius 2 is 1.93 bits per heavy atom. The van der Waals surface area contributed by atoms with E-state index in [9.17, 15) is 17.6 Å². The standard InChI is InChI=1S/C19H22ClFN2O3S2/c1-14-6-3-4-9-18(14)23(28(2,25)26)12-19(24)22-10-11-27-13-15-16(20)7-5-8-17(15)21/h3-9H,10-13H2,1-2H3,(H,22,24). The molecular formula is C19H22ClFN2O3S2. The zero-order valence-corrected chi connectivity index (χ0v) is 18.0. The summed E-state index contributed by atoms with van der Waals surface area (Å²) in [6.45, 7) is 1.82. The molecule has 2 rings (SSSR count). The van der Waals surface area contributed by atoms with Gasteiger partial charge in [-0.25, -0.2) is 12.8 Å². The number of halogens is 2. The van der Waals surface area contributed by atoms with Crippen molar-refractivity contribution in [3.8, 4) is 0 Å². The number of carbonyl (C=O) groups excluding carboxylic acids is 1. The number of anilines is 1. The van der Waals surface area contributed by atoms with Crippen molar-refractivity contribution >= 4 is 45.0 Å². The number of rotatable bonds is 9. The Balaban J connectivity index is 1.86. The predicted molar refractivity (Wildman–Crippen MR) is 114 cm³/mol. The highest BCUT2D eigenvalue weighted by Crippen LogP contribution is 2.24. The molecule has 0 bridgehead atoms. The number of thioether (sulfide) groups is 1. The SMILES string of the molecule is Cc1ccccc1N(CC(=O)NCCSCc1c(F)cccc1Cl)S(C)(=O)=O. The first-order chi connectivity index (χ1) is 13.2. The number of benzene rings is 2. The van der Waals surface area contributed by atoms with Crippen LogP contribution in [0.1, 0.15) is 11.1 Å². The maximum absolute atomic E-state index is 13.7. The van der Waals surface area contributed by atoms with Crippen molar-refractivity contribution in [3.63, 3.8) is 0 Å². The molecule has 0 saturated heterocycles. The summed E-state index contributed by atoms with van der Waals surface area (Å²) in [6, 6.07) is 11.5. The van der Waals surface area contributed by atoms with Gasteiger partial charge in [0.15, 0.2) is 0 Å². The number of hydrogen-bond donors (Lipinski definition) is 1. The molecule has 2 aromatic rings. The van der Waals surface area contributed by atoms with Crippen molar-refractivity contribution in [2.75, 3.05) is 29.4 Å². The van der Waals surface area contributed by atoms with Crippen LogP contribution in [0.3, 0.4) is 0 Å². The van der Waals surface area contributed by atoms with E-state index in [0.717, 1.165) is 16.1 Å². The lowest BCUT2D eigenvalue weighted by Gasteiger charge is -2.23. The van der Waals surface area contributed by atoms with E-state index in [1.807, 2.05) is 0 Å². The van der Waals surface area contributed by atoms with E-state index in [4.69, 9.17) is 11.6 Å². The molecule has 1 N–H and O–H groups in total. The van der Waals surface area contributed by atoms with Crippen molar-refractivity contribution in [1.82, 2.24) is 5.32 Å². The number of nitrogens with one attached hydrogen (secondary N) is 1. The normalized spacial score (nSPS) is 11.3. The van der Waals surface area contributed by atoms with Crippen LogP contribution in [-0.4, -0.2) is 39.4 Å². The second-order valence-electron chi connectivity index (χ2n) is 6.16. The third kappa shape index (κ3) is 6.39. The van der Waals surface area contributed by atoms with E-state index in [1.165, 1.54) is 17.8 Å². The van der Waals surface area contributed by atoms with Crippen LogP contribution < -0.4 is 9.62 Å². The zero-order chi connectivity index (χ0) is 20.7. The van der Waals surface area contributed by atoms with Crippen LogP contribution in [0, 0.1) is 12.7 Å². The van der Waals surface area contributed by atoms with Gasteiger partial charge in [0, 0.05) is 28.6 Å². The van der Waals surface area contributed by atoms with Gasteiger partial charge in [-0.15, -0.1) is 0 Å². The van der Waals surface area contributed by atoms with E-state index in [-0.39, 0.29) is 12.4 Å². The van der Waals surface area contributed by atoms with Crippen molar-refractivity contribution in [2.24, 2.45) is 0 Å². The molecule has 0 atom stereocenters. The smallest absolute Gasteiger partial charge is 0.240 e. The first-order valence-corrected chi connectivity index (χ1v) is 11.9.